The van der Waals surface area contributed by atoms with Gasteiger partial charge in [0, 0.05) is 6.04 Å². The minimum Gasteiger partial charge on any atom is -0.330 e. The molecule has 1 aromatic rings. The molecule has 0 heterocycles. The van der Waals surface area contributed by atoms with Crippen molar-refractivity contribution in [2.24, 2.45) is 16.9 Å². The maximum Gasteiger partial charge on any atom is 0.0595 e. The highest BCUT2D eigenvalue weighted by Gasteiger charge is 2.26. The molecule has 84 valence electrons. The average Bonchev–Trinajstić information content (AvgIpc) is 2.21. The van der Waals surface area contributed by atoms with E-state index in [1.165, 1.54) is 0 Å². The van der Waals surface area contributed by atoms with E-state index in [2.05, 4.69) is 0 Å². The number of nitrogens with two attached hydrogens (primary N) is 2. The van der Waals surface area contributed by atoms with Gasteiger partial charge in [0.15, 0.2) is 0 Å². The minimum atomic E-state index is -0.156. The van der Waals surface area contributed by atoms with Crippen molar-refractivity contribution in [3.05, 3.63) is 33.8 Å². The van der Waals surface area contributed by atoms with Crippen LogP contribution in [0.5, 0.6) is 0 Å². The zero-order valence-corrected chi connectivity index (χ0v) is 10.4. The van der Waals surface area contributed by atoms with E-state index in [-0.39, 0.29) is 11.5 Å². The normalized spacial score (nSPS) is 14.0. The predicted molar refractivity (Wildman–Crippen MR) is 66.2 cm³/mol. The lowest BCUT2D eigenvalue weighted by molar-refractivity contribution is 0.301. The Morgan fingerprint density at radius 2 is 1.87 bits per heavy atom. The zero-order chi connectivity index (χ0) is 11.6. The third-order valence-electron chi connectivity index (χ3n) is 2.67. The van der Waals surface area contributed by atoms with Crippen LogP contribution in [-0.4, -0.2) is 6.54 Å². The molecule has 0 aliphatic carbocycles. The van der Waals surface area contributed by atoms with Crippen LogP contribution in [0.25, 0.3) is 0 Å². The van der Waals surface area contributed by atoms with Crippen LogP contribution in [0.3, 0.4) is 0 Å². The molecule has 1 aromatic carbocycles. The van der Waals surface area contributed by atoms with Gasteiger partial charge >= 0.3 is 0 Å². The van der Waals surface area contributed by atoms with E-state index in [4.69, 9.17) is 34.7 Å². The Hall–Kier alpha value is -0.280. The van der Waals surface area contributed by atoms with Gasteiger partial charge < -0.3 is 11.5 Å². The van der Waals surface area contributed by atoms with Crippen molar-refractivity contribution in [2.75, 3.05) is 6.54 Å². The van der Waals surface area contributed by atoms with Gasteiger partial charge in [0.2, 0.25) is 0 Å². The fourth-order valence-corrected chi connectivity index (χ4v) is 1.59. The maximum absolute atomic E-state index is 6.12. The van der Waals surface area contributed by atoms with Crippen LogP contribution in [0.2, 0.25) is 10.0 Å². The molecule has 0 fully saturated rings. The monoisotopic (exact) mass is 246 g/mol. The van der Waals surface area contributed by atoms with Crippen LogP contribution in [-0.2, 0) is 0 Å². The topological polar surface area (TPSA) is 52.0 Å². The fraction of sp³-hybridized carbons (Fsp3) is 0.455. The molecule has 1 unspecified atom stereocenters. The quantitative estimate of drug-likeness (QED) is 0.862. The summed E-state index contributed by atoms with van der Waals surface area (Å²) in [6.45, 7) is 4.58. The Labute approximate surface area is 101 Å². The standard InChI is InChI=1S/C11H16Cl2N2/c1-11(2,6-14)10(15)7-3-4-8(12)9(13)5-7/h3-5,10H,6,14-15H2,1-2H3. The second kappa shape index (κ2) is 4.71. The predicted octanol–water partition coefficient (Wildman–Crippen LogP) is 2.98. The van der Waals surface area contributed by atoms with Gasteiger partial charge in [-0.15, -0.1) is 0 Å². The van der Waals surface area contributed by atoms with Crippen molar-refractivity contribution >= 4 is 23.2 Å². The lowest BCUT2D eigenvalue weighted by atomic mass is 9.81. The van der Waals surface area contributed by atoms with Crippen molar-refractivity contribution in [3.63, 3.8) is 0 Å². The molecule has 1 atom stereocenters. The van der Waals surface area contributed by atoms with Crippen LogP contribution >= 0.6 is 23.2 Å². The molecule has 0 amide bonds. The summed E-state index contributed by atoms with van der Waals surface area (Å²) >= 11 is 11.8. The van der Waals surface area contributed by atoms with Gasteiger partial charge in [-0.3, -0.25) is 0 Å². The van der Waals surface area contributed by atoms with E-state index in [0.29, 0.717) is 16.6 Å². The molecule has 2 nitrogen and oxygen atoms in total. The molecule has 0 radical (unpaired) electrons. The van der Waals surface area contributed by atoms with Gasteiger partial charge in [-0.05, 0) is 29.7 Å². The lowest BCUT2D eigenvalue weighted by Crippen LogP contribution is -2.35. The van der Waals surface area contributed by atoms with Crippen molar-refractivity contribution in [2.45, 2.75) is 19.9 Å². The van der Waals surface area contributed by atoms with Gasteiger partial charge in [-0.1, -0.05) is 43.1 Å². The summed E-state index contributed by atoms with van der Waals surface area (Å²) in [5.41, 5.74) is 12.6. The third kappa shape index (κ3) is 2.85. The first-order chi connectivity index (χ1) is 6.88. The molecule has 4 N–H and O–H groups in total. The minimum absolute atomic E-state index is 0.141. The summed E-state index contributed by atoms with van der Waals surface area (Å²) in [5, 5.41) is 1.07. The van der Waals surface area contributed by atoms with Crippen LogP contribution in [0.4, 0.5) is 0 Å². The number of rotatable bonds is 3. The van der Waals surface area contributed by atoms with Crippen LogP contribution < -0.4 is 11.5 Å². The lowest BCUT2D eigenvalue weighted by Gasteiger charge is -2.30. The second-order valence-corrected chi connectivity index (χ2v) is 5.16. The first-order valence-corrected chi connectivity index (χ1v) is 5.54. The Kier molecular flexibility index (Phi) is 4.01. The molecule has 0 aliphatic heterocycles. The highest BCUT2D eigenvalue weighted by atomic mass is 35.5. The highest BCUT2D eigenvalue weighted by molar-refractivity contribution is 6.42. The molecule has 0 saturated carbocycles. The molecule has 4 heteroatoms. The van der Waals surface area contributed by atoms with E-state index in [0.717, 1.165) is 5.56 Å². The number of halogens is 2. The summed E-state index contributed by atoms with van der Waals surface area (Å²) in [4.78, 5) is 0. The van der Waals surface area contributed by atoms with Gasteiger partial charge in [-0.25, -0.2) is 0 Å². The first kappa shape index (κ1) is 12.8. The van der Waals surface area contributed by atoms with Gasteiger partial charge in [-0.2, -0.15) is 0 Å². The van der Waals surface area contributed by atoms with E-state index in [1.807, 2.05) is 19.9 Å². The molecule has 0 saturated heterocycles. The van der Waals surface area contributed by atoms with E-state index >= 15 is 0 Å². The molecule has 0 aromatic heterocycles. The molecular weight excluding hydrogens is 231 g/mol. The van der Waals surface area contributed by atoms with Crippen LogP contribution in [0.15, 0.2) is 18.2 Å². The highest BCUT2D eigenvalue weighted by Crippen LogP contribution is 2.33. The summed E-state index contributed by atoms with van der Waals surface area (Å²) < 4.78 is 0. The maximum atomic E-state index is 6.12. The second-order valence-electron chi connectivity index (χ2n) is 4.34. The summed E-state index contributed by atoms with van der Waals surface area (Å²) in [7, 11) is 0. The smallest absolute Gasteiger partial charge is 0.0595 e. The Bertz CT molecular complexity index is 350. The number of hydrogen-bond donors (Lipinski definition) is 2. The van der Waals surface area contributed by atoms with Crippen molar-refractivity contribution in [3.8, 4) is 0 Å². The Morgan fingerprint density at radius 3 is 2.33 bits per heavy atom. The third-order valence-corrected chi connectivity index (χ3v) is 3.41. The van der Waals surface area contributed by atoms with E-state index in [9.17, 15) is 0 Å². The van der Waals surface area contributed by atoms with Crippen LogP contribution in [0, 0.1) is 5.41 Å². The molecule has 1 rings (SSSR count). The summed E-state index contributed by atoms with van der Waals surface area (Å²) in [6.07, 6.45) is 0. The molecule has 15 heavy (non-hydrogen) atoms. The zero-order valence-electron chi connectivity index (χ0n) is 8.93. The Balaban J connectivity index is 3.02. The van der Waals surface area contributed by atoms with Gasteiger partial charge in [0.1, 0.15) is 0 Å². The SMILES string of the molecule is CC(C)(CN)C(N)c1ccc(Cl)c(Cl)c1. The largest absolute Gasteiger partial charge is 0.330 e. The number of benzene rings is 1. The Morgan fingerprint density at radius 1 is 1.27 bits per heavy atom. The molecular formula is C11H16Cl2N2. The summed E-state index contributed by atoms with van der Waals surface area (Å²) in [6, 6.07) is 5.30. The summed E-state index contributed by atoms with van der Waals surface area (Å²) in [5.74, 6) is 0. The van der Waals surface area contributed by atoms with Crippen molar-refractivity contribution < 1.29 is 0 Å². The van der Waals surface area contributed by atoms with Crippen LogP contribution in [0.1, 0.15) is 25.5 Å². The molecule has 0 bridgehead atoms. The average molecular weight is 247 g/mol. The van der Waals surface area contributed by atoms with E-state index < -0.39 is 0 Å². The first-order valence-electron chi connectivity index (χ1n) is 4.79. The van der Waals surface area contributed by atoms with Gasteiger partial charge in [0.25, 0.3) is 0 Å². The van der Waals surface area contributed by atoms with E-state index in [1.54, 1.807) is 12.1 Å². The fourth-order valence-electron chi connectivity index (χ4n) is 1.28. The number of hydrogen-bond acceptors (Lipinski definition) is 2. The van der Waals surface area contributed by atoms with Crippen molar-refractivity contribution in [1.29, 1.82) is 0 Å². The molecule has 0 aliphatic rings. The van der Waals surface area contributed by atoms with Crippen molar-refractivity contribution in [1.82, 2.24) is 0 Å². The molecule has 0 spiro atoms. The van der Waals surface area contributed by atoms with Gasteiger partial charge in [0.05, 0.1) is 10.0 Å².